The van der Waals surface area contributed by atoms with Crippen molar-refractivity contribution in [3.8, 4) is 0 Å². The lowest BCUT2D eigenvalue weighted by Gasteiger charge is -2.45. The Morgan fingerprint density at radius 3 is 2.67 bits per heavy atom. The Balaban J connectivity index is 1.79. The van der Waals surface area contributed by atoms with Crippen LogP contribution >= 0.6 is 0 Å². The summed E-state index contributed by atoms with van der Waals surface area (Å²) in [7, 11) is 2.11. The van der Waals surface area contributed by atoms with Gasteiger partial charge < -0.3 is 10.1 Å². The average molecular weight is 287 g/mol. The molecule has 0 bridgehead atoms. The van der Waals surface area contributed by atoms with Gasteiger partial charge in [-0.3, -0.25) is 0 Å². The SMILES string of the molecule is CNC(c1ccccc1C)C1CCOC2(CCCCC2)C1. The number of hydrogen-bond acceptors (Lipinski definition) is 2. The number of rotatable bonds is 3. The molecule has 1 spiro atoms. The molecule has 21 heavy (non-hydrogen) atoms. The van der Waals surface area contributed by atoms with Crippen molar-refractivity contribution < 1.29 is 4.74 Å². The van der Waals surface area contributed by atoms with Gasteiger partial charge in [-0.1, -0.05) is 43.5 Å². The minimum atomic E-state index is 0.193. The molecule has 0 aromatic heterocycles. The molecular weight excluding hydrogens is 258 g/mol. The summed E-state index contributed by atoms with van der Waals surface area (Å²) < 4.78 is 6.27. The van der Waals surface area contributed by atoms with E-state index in [2.05, 4.69) is 43.6 Å². The summed E-state index contributed by atoms with van der Waals surface area (Å²) in [5, 5.41) is 3.60. The van der Waals surface area contributed by atoms with E-state index in [4.69, 9.17) is 4.74 Å². The van der Waals surface area contributed by atoms with Crippen LogP contribution in [-0.4, -0.2) is 19.3 Å². The molecule has 2 nitrogen and oxygen atoms in total. The molecule has 1 aromatic rings. The minimum Gasteiger partial charge on any atom is -0.375 e. The Bertz CT molecular complexity index is 459. The second-order valence-electron chi connectivity index (χ2n) is 6.97. The smallest absolute Gasteiger partial charge is 0.0686 e. The molecule has 2 unspecified atom stereocenters. The van der Waals surface area contributed by atoms with E-state index < -0.39 is 0 Å². The third-order valence-corrected chi connectivity index (χ3v) is 5.60. The highest BCUT2D eigenvalue weighted by atomic mass is 16.5. The molecule has 1 aromatic carbocycles. The highest BCUT2D eigenvalue weighted by molar-refractivity contribution is 5.29. The molecule has 1 heterocycles. The Morgan fingerprint density at radius 1 is 1.19 bits per heavy atom. The van der Waals surface area contributed by atoms with E-state index in [-0.39, 0.29) is 5.60 Å². The van der Waals surface area contributed by atoms with Gasteiger partial charge in [-0.2, -0.15) is 0 Å². The average Bonchev–Trinajstić information content (AvgIpc) is 2.51. The largest absolute Gasteiger partial charge is 0.375 e. The predicted octanol–water partition coefficient (Wildman–Crippen LogP) is 4.39. The summed E-state index contributed by atoms with van der Waals surface area (Å²) in [5.41, 5.74) is 3.07. The molecule has 0 amide bonds. The maximum absolute atomic E-state index is 6.27. The molecule has 1 saturated carbocycles. The Labute approximate surface area is 129 Å². The minimum absolute atomic E-state index is 0.193. The van der Waals surface area contributed by atoms with E-state index in [1.807, 2.05) is 0 Å². The van der Waals surface area contributed by atoms with Gasteiger partial charge in [-0.15, -0.1) is 0 Å². The third-order valence-electron chi connectivity index (χ3n) is 5.60. The van der Waals surface area contributed by atoms with Crippen molar-refractivity contribution in [2.24, 2.45) is 5.92 Å². The maximum Gasteiger partial charge on any atom is 0.0686 e. The van der Waals surface area contributed by atoms with E-state index in [0.717, 1.165) is 6.61 Å². The summed E-state index contributed by atoms with van der Waals surface area (Å²) >= 11 is 0. The van der Waals surface area contributed by atoms with Gasteiger partial charge in [0.15, 0.2) is 0 Å². The van der Waals surface area contributed by atoms with Crippen LogP contribution in [0, 0.1) is 12.8 Å². The van der Waals surface area contributed by atoms with Crippen LogP contribution in [0.5, 0.6) is 0 Å². The number of nitrogens with one attached hydrogen (secondary N) is 1. The first-order chi connectivity index (χ1) is 10.2. The zero-order valence-corrected chi connectivity index (χ0v) is 13.5. The van der Waals surface area contributed by atoms with Crippen LogP contribution in [0.15, 0.2) is 24.3 Å². The van der Waals surface area contributed by atoms with Gasteiger partial charge in [-0.25, -0.2) is 0 Å². The molecule has 1 saturated heterocycles. The van der Waals surface area contributed by atoms with Gasteiger partial charge in [0.25, 0.3) is 0 Å². The fraction of sp³-hybridized carbons (Fsp3) is 0.684. The first kappa shape index (κ1) is 15.1. The standard InChI is InChI=1S/C19H29NO/c1-15-8-4-5-9-17(15)18(20-2)16-10-13-21-19(14-16)11-6-3-7-12-19/h4-5,8-9,16,18,20H,3,6-7,10-14H2,1-2H3. The van der Waals surface area contributed by atoms with Gasteiger partial charge in [-0.05, 0) is 56.7 Å². The van der Waals surface area contributed by atoms with Crippen LogP contribution in [0.4, 0.5) is 0 Å². The summed E-state index contributed by atoms with van der Waals surface area (Å²) in [4.78, 5) is 0. The fourth-order valence-electron chi connectivity index (χ4n) is 4.48. The van der Waals surface area contributed by atoms with Crippen molar-refractivity contribution in [3.63, 3.8) is 0 Å². The van der Waals surface area contributed by atoms with Crippen LogP contribution in [0.2, 0.25) is 0 Å². The van der Waals surface area contributed by atoms with Crippen LogP contribution in [-0.2, 0) is 4.74 Å². The van der Waals surface area contributed by atoms with E-state index in [1.165, 1.54) is 56.1 Å². The molecule has 3 rings (SSSR count). The van der Waals surface area contributed by atoms with E-state index in [9.17, 15) is 0 Å². The van der Waals surface area contributed by atoms with Crippen LogP contribution < -0.4 is 5.32 Å². The Morgan fingerprint density at radius 2 is 1.95 bits per heavy atom. The molecule has 0 radical (unpaired) electrons. The lowest BCUT2D eigenvalue weighted by molar-refractivity contribution is -0.121. The second-order valence-corrected chi connectivity index (χ2v) is 6.97. The quantitative estimate of drug-likeness (QED) is 0.890. The van der Waals surface area contributed by atoms with Crippen molar-refractivity contribution >= 4 is 0 Å². The highest BCUT2D eigenvalue weighted by Gasteiger charge is 2.40. The van der Waals surface area contributed by atoms with E-state index >= 15 is 0 Å². The lowest BCUT2D eigenvalue weighted by atomic mass is 9.73. The van der Waals surface area contributed by atoms with E-state index in [1.54, 1.807) is 0 Å². The summed E-state index contributed by atoms with van der Waals surface area (Å²) in [5.74, 6) is 0.697. The van der Waals surface area contributed by atoms with Crippen molar-refractivity contribution in [2.45, 2.75) is 63.5 Å². The highest BCUT2D eigenvalue weighted by Crippen LogP contribution is 2.44. The lowest BCUT2D eigenvalue weighted by Crippen LogP contribution is -2.44. The molecule has 1 N–H and O–H groups in total. The van der Waals surface area contributed by atoms with Crippen molar-refractivity contribution in [3.05, 3.63) is 35.4 Å². The summed E-state index contributed by atoms with van der Waals surface area (Å²) in [6.45, 7) is 3.17. The molecule has 1 aliphatic carbocycles. The Hall–Kier alpha value is -0.860. The first-order valence-corrected chi connectivity index (χ1v) is 8.61. The fourth-order valence-corrected chi connectivity index (χ4v) is 4.48. The zero-order chi connectivity index (χ0) is 14.7. The summed E-state index contributed by atoms with van der Waals surface area (Å²) in [6.07, 6.45) is 9.04. The Kier molecular flexibility index (Phi) is 4.66. The predicted molar refractivity (Wildman–Crippen MR) is 87.5 cm³/mol. The van der Waals surface area contributed by atoms with Gasteiger partial charge in [0.05, 0.1) is 5.60 Å². The molecule has 2 atom stereocenters. The van der Waals surface area contributed by atoms with Gasteiger partial charge in [0.2, 0.25) is 0 Å². The zero-order valence-electron chi connectivity index (χ0n) is 13.5. The molecule has 2 fully saturated rings. The number of benzene rings is 1. The second kappa shape index (κ2) is 6.50. The van der Waals surface area contributed by atoms with Gasteiger partial charge >= 0.3 is 0 Å². The van der Waals surface area contributed by atoms with Crippen molar-refractivity contribution in [1.29, 1.82) is 0 Å². The normalized spacial score (nSPS) is 26.7. The third kappa shape index (κ3) is 3.17. The molecule has 2 heteroatoms. The van der Waals surface area contributed by atoms with Crippen LogP contribution in [0.3, 0.4) is 0 Å². The first-order valence-electron chi connectivity index (χ1n) is 8.61. The monoisotopic (exact) mass is 287 g/mol. The molecule has 1 aliphatic heterocycles. The number of ether oxygens (including phenoxy) is 1. The van der Waals surface area contributed by atoms with Crippen molar-refractivity contribution in [1.82, 2.24) is 5.32 Å². The van der Waals surface area contributed by atoms with Gasteiger partial charge in [0, 0.05) is 12.6 Å². The van der Waals surface area contributed by atoms with E-state index in [0.29, 0.717) is 12.0 Å². The van der Waals surface area contributed by atoms with Gasteiger partial charge in [0.1, 0.15) is 0 Å². The van der Waals surface area contributed by atoms with Crippen molar-refractivity contribution in [2.75, 3.05) is 13.7 Å². The topological polar surface area (TPSA) is 21.3 Å². The molecular formula is C19H29NO. The molecule has 116 valence electrons. The van der Waals surface area contributed by atoms with Crippen LogP contribution in [0.25, 0.3) is 0 Å². The number of aryl methyl sites for hydroxylation is 1. The maximum atomic E-state index is 6.27. The van der Waals surface area contributed by atoms with Crippen LogP contribution in [0.1, 0.15) is 62.1 Å². The number of hydrogen-bond donors (Lipinski definition) is 1. The summed E-state index contributed by atoms with van der Waals surface area (Å²) in [6, 6.07) is 9.30. The molecule has 2 aliphatic rings.